The van der Waals surface area contributed by atoms with Crippen molar-refractivity contribution >= 4 is 5.78 Å². The van der Waals surface area contributed by atoms with E-state index in [-0.39, 0.29) is 5.78 Å². The second-order valence-electron chi connectivity index (χ2n) is 4.58. The fraction of sp³-hybridized carbons (Fsp3) is 0.286. The van der Waals surface area contributed by atoms with Gasteiger partial charge in [-0.3, -0.25) is 4.79 Å². The van der Waals surface area contributed by atoms with E-state index in [1.165, 1.54) is 0 Å². The fourth-order valence-corrected chi connectivity index (χ4v) is 1.89. The van der Waals surface area contributed by atoms with Crippen LogP contribution in [0.1, 0.15) is 49.3 Å². The summed E-state index contributed by atoms with van der Waals surface area (Å²) in [4.78, 5) is 12.4. The fourth-order valence-electron chi connectivity index (χ4n) is 1.89. The lowest BCUT2D eigenvalue weighted by molar-refractivity contribution is 0.103. The molecule has 0 fully saturated rings. The molecule has 1 heterocycles. The van der Waals surface area contributed by atoms with Gasteiger partial charge in [-0.2, -0.15) is 0 Å². The minimum absolute atomic E-state index is 0.0295. The van der Waals surface area contributed by atoms with Gasteiger partial charge in [0.25, 0.3) is 0 Å². The number of rotatable bonds is 5. The average molecular weight is 311 g/mol. The maximum Gasteiger partial charge on any atom is 0.209 e. The number of aromatic nitrogens is 1. The quantitative estimate of drug-likeness (QED) is 0.503. The van der Waals surface area contributed by atoms with E-state index in [1.807, 2.05) is 81.8 Å². The predicted molar refractivity (Wildman–Crippen MR) is 101 cm³/mol. The Balaban J connectivity index is 0.00000112. The van der Waals surface area contributed by atoms with Crippen LogP contribution in [0.3, 0.4) is 0 Å². The molecule has 0 N–H and O–H groups in total. The molecular weight excluding hydrogens is 282 g/mol. The van der Waals surface area contributed by atoms with Gasteiger partial charge in [-0.25, -0.2) is 0 Å². The Labute approximate surface area is 141 Å². The third-order valence-corrected chi connectivity index (χ3v) is 3.04. The van der Waals surface area contributed by atoms with Crippen LogP contribution in [0.25, 0.3) is 0 Å². The number of carbonyl (C=O) groups excluding carboxylic acids is 1. The van der Waals surface area contributed by atoms with Crippen molar-refractivity contribution in [1.82, 2.24) is 4.57 Å². The SMILES string of the molecule is C=CC(=C)Cn1cccc1C(=O)c1ccc(C)cc1.CC.CC. The van der Waals surface area contributed by atoms with Crippen LogP contribution < -0.4 is 0 Å². The van der Waals surface area contributed by atoms with Gasteiger partial charge in [0.15, 0.2) is 0 Å². The van der Waals surface area contributed by atoms with Crippen LogP contribution in [-0.2, 0) is 6.54 Å². The molecule has 0 spiro atoms. The number of benzene rings is 1. The maximum atomic E-state index is 12.4. The Hall–Kier alpha value is -2.35. The van der Waals surface area contributed by atoms with Crippen molar-refractivity contribution in [3.05, 3.63) is 84.2 Å². The van der Waals surface area contributed by atoms with Gasteiger partial charge in [0.1, 0.15) is 0 Å². The first kappa shape index (κ1) is 20.7. The lowest BCUT2D eigenvalue weighted by Gasteiger charge is -2.08. The topological polar surface area (TPSA) is 22.0 Å². The summed E-state index contributed by atoms with van der Waals surface area (Å²) >= 11 is 0. The van der Waals surface area contributed by atoms with Crippen molar-refractivity contribution in [2.24, 2.45) is 0 Å². The number of aryl methyl sites for hydroxylation is 1. The van der Waals surface area contributed by atoms with Crippen molar-refractivity contribution in [2.75, 3.05) is 0 Å². The van der Waals surface area contributed by atoms with Crippen LogP contribution in [0.15, 0.2) is 67.4 Å². The molecule has 23 heavy (non-hydrogen) atoms. The van der Waals surface area contributed by atoms with Crippen molar-refractivity contribution in [3.63, 3.8) is 0 Å². The second-order valence-corrected chi connectivity index (χ2v) is 4.58. The summed E-state index contributed by atoms with van der Waals surface area (Å²) in [7, 11) is 0. The highest BCUT2D eigenvalue weighted by Gasteiger charge is 2.13. The van der Waals surface area contributed by atoms with E-state index in [4.69, 9.17) is 0 Å². The van der Waals surface area contributed by atoms with Crippen molar-refractivity contribution in [2.45, 2.75) is 41.2 Å². The highest BCUT2D eigenvalue weighted by molar-refractivity contribution is 6.08. The van der Waals surface area contributed by atoms with Crippen LogP contribution in [0.2, 0.25) is 0 Å². The molecular formula is C21H29NO. The standard InChI is InChI=1S/C17H17NO.2C2H6/c1-4-13(2)12-18-11-5-6-16(18)17(19)15-9-7-14(3)8-10-15;2*1-2/h4-11H,1-2,12H2,3H3;2*1-2H3. The van der Waals surface area contributed by atoms with Gasteiger partial charge in [-0.15, -0.1) is 0 Å². The molecule has 0 aliphatic rings. The Morgan fingerprint density at radius 1 is 1.09 bits per heavy atom. The smallest absolute Gasteiger partial charge is 0.209 e. The van der Waals surface area contributed by atoms with E-state index in [1.54, 1.807) is 6.08 Å². The molecule has 0 aliphatic heterocycles. The summed E-state index contributed by atoms with van der Waals surface area (Å²) < 4.78 is 1.90. The molecule has 1 aromatic heterocycles. The third kappa shape index (κ3) is 6.11. The second kappa shape index (κ2) is 11.2. The molecule has 0 amide bonds. The van der Waals surface area contributed by atoms with Gasteiger partial charge >= 0.3 is 0 Å². The Bertz CT molecular complexity index is 618. The molecule has 0 unspecified atom stereocenters. The summed E-state index contributed by atoms with van der Waals surface area (Å²) in [5, 5.41) is 0. The Morgan fingerprint density at radius 3 is 2.17 bits per heavy atom. The normalized spacial score (nSPS) is 8.91. The molecule has 2 aromatic rings. The number of carbonyl (C=O) groups is 1. The van der Waals surface area contributed by atoms with Crippen molar-refractivity contribution in [3.8, 4) is 0 Å². The first-order valence-corrected chi connectivity index (χ1v) is 8.18. The lowest BCUT2D eigenvalue weighted by Crippen LogP contribution is -2.10. The molecule has 0 saturated carbocycles. The minimum Gasteiger partial charge on any atom is -0.340 e. The molecule has 2 rings (SSSR count). The minimum atomic E-state index is 0.0295. The van der Waals surface area contributed by atoms with Gasteiger partial charge in [0, 0.05) is 18.3 Å². The Kier molecular flexibility index (Phi) is 10.1. The number of ketones is 1. The molecule has 0 radical (unpaired) electrons. The molecule has 1 aromatic carbocycles. The van der Waals surface area contributed by atoms with Crippen LogP contribution in [0.5, 0.6) is 0 Å². The monoisotopic (exact) mass is 311 g/mol. The molecule has 0 aliphatic carbocycles. The van der Waals surface area contributed by atoms with Gasteiger partial charge < -0.3 is 4.57 Å². The largest absolute Gasteiger partial charge is 0.340 e. The first-order valence-electron chi connectivity index (χ1n) is 8.18. The van der Waals surface area contributed by atoms with Crippen molar-refractivity contribution < 1.29 is 4.79 Å². The van der Waals surface area contributed by atoms with E-state index in [0.717, 1.165) is 11.1 Å². The summed E-state index contributed by atoms with van der Waals surface area (Å²) in [6.45, 7) is 18.2. The first-order chi connectivity index (χ1) is 11.1. The maximum absolute atomic E-state index is 12.4. The number of allylic oxidation sites excluding steroid dienone is 2. The summed E-state index contributed by atoms with van der Waals surface area (Å²) in [6.07, 6.45) is 3.59. The number of nitrogens with zero attached hydrogens (tertiary/aromatic N) is 1. The van der Waals surface area contributed by atoms with E-state index in [0.29, 0.717) is 17.8 Å². The van der Waals surface area contributed by atoms with E-state index < -0.39 is 0 Å². The van der Waals surface area contributed by atoms with Crippen LogP contribution in [0.4, 0.5) is 0 Å². The summed E-state index contributed by atoms with van der Waals surface area (Å²) in [6, 6.07) is 11.3. The lowest BCUT2D eigenvalue weighted by atomic mass is 10.1. The molecule has 0 bridgehead atoms. The highest BCUT2D eigenvalue weighted by Crippen LogP contribution is 2.13. The third-order valence-electron chi connectivity index (χ3n) is 3.04. The van der Waals surface area contributed by atoms with Gasteiger partial charge in [-0.1, -0.05) is 76.8 Å². The molecule has 2 heteroatoms. The molecule has 0 atom stereocenters. The average Bonchev–Trinajstić information content (AvgIpc) is 3.06. The van der Waals surface area contributed by atoms with Gasteiger partial charge in [-0.05, 0) is 24.6 Å². The van der Waals surface area contributed by atoms with E-state index in [9.17, 15) is 4.79 Å². The Morgan fingerprint density at radius 2 is 1.65 bits per heavy atom. The zero-order valence-electron chi connectivity index (χ0n) is 15.1. The predicted octanol–water partition coefficient (Wildman–Crippen LogP) is 5.82. The number of hydrogen-bond acceptors (Lipinski definition) is 1. The molecule has 2 nitrogen and oxygen atoms in total. The molecule has 0 saturated heterocycles. The summed E-state index contributed by atoms with van der Waals surface area (Å²) in [5.41, 5.74) is 3.41. The summed E-state index contributed by atoms with van der Waals surface area (Å²) in [5.74, 6) is 0.0295. The van der Waals surface area contributed by atoms with E-state index in [2.05, 4.69) is 13.2 Å². The van der Waals surface area contributed by atoms with Crippen LogP contribution in [-0.4, -0.2) is 10.4 Å². The highest BCUT2D eigenvalue weighted by atomic mass is 16.1. The van der Waals surface area contributed by atoms with Gasteiger partial charge in [0.05, 0.1) is 5.69 Å². The van der Waals surface area contributed by atoms with E-state index >= 15 is 0 Å². The zero-order chi connectivity index (χ0) is 17.8. The van der Waals surface area contributed by atoms with Gasteiger partial charge in [0.2, 0.25) is 5.78 Å². The number of hydrogen-bond donors (Lipinski definition) is 0. The van der Waals surface area contributed by atoms with Crippen molar-refractivity contribution in [1.29, 1.82) is 0 Å². The zero-order valence-corrected chi connectivity index (χ0v) is 15.1. The van der Waals surface area contributed by atoms with Crippen LogP contribution in [0, 0.1) is 6.92 Å². The molecule has 124 valence electrons. The van der Waals surface area contributed by atoms with Crippen LogP contribution >= 0.6 is 0 Å².